The Morgan fingerprint density at radius 2 is 1.61 bits per heavy atom. The number of hydrogen-bond donors (Lipinski definition) is 2. The zero-order chi connectivity index (χ0) is 24.0. The summed E-state index contributed by atoms with van der Waals surface area (Å²) in [6.45, 7) is 3.49. The summed E-state index contributed by atoms with van der Waals surface area (Å²) >= 11 is 1.01. The minimum Gasteiger partial charge on any atom is -0.497 e. The van der Waals surface area contributed by atoms with Crippen LogP contribution in [0, 0.1) is 6.92 Å². The van der Waals surface area contributed by atoms with Crippen molar-refractivity contribution in [2.75, 3.05) is 31.5 Å². The third kappa shape index (κ3) is 5.50. The molecule has 0 radical (unpaired) electrons. The molecular formula is C24H24N2O6S. The first-order valence-corrected chi connectivity index (χ1v) is 10.9. The van der Waals surface area contributed by atoms with Crippen LogP contribution >= 0.6 is 11.3 Å². The molecule has 2 N–H and O–H groups in total. The first-order valence-electron chi connectivity index (χ1n) is 10.1. The first-order chi connectivity index (χ1) is 15.9. The van der Waals surface area contributed by atoms with Crippen molar-refractivity contribution in [2.24, 2.45) is 0 Å². The van der Waals surface area contributed by atoms with Gasteiger partial charge in [0.25, 0.3) is 11.8 Å². The normalized spacial score (nSPS) is 10.3. The molecule has 0 fully saturated rings. The minimum atomic E-state index is -0.614. The Kier molecular flexibility index (Phi) is 7.68. The van der Waals surface area contributed by atoms with E-state index >= 15 is 0 Å². The third-order valence-corrected chi connectivity index (χ3v) is 5.95. The maximum absolute atomic E-state index is 13.0. The first kappa shape index (κ1) is 23.8. The van der Waals surface area contributed by atoms with Crippen molar-refractivity contribution in [1.82, 2.24) is 0 Å². The number of thiophene rings is 1. The summed E-state index contributed by atoms with van der Waals surface area (Å²) in [7, 11) is 3.07. The Balaban J connectivity index is 1.91. The topological polar surface area (TPSA) is 103 Å². The molecule has 0 unspecified atom stereocenters. The number of benzene rings is 2. The van der Waals surface area contributed by atoms with Gasteiger partial charge >= 0.3 is 5.97 Å². The average Bonchev–Trinajstić information content (AvgIpc) is 3.15. The number of ether oxygens (including phenoxy) is 3. The van der Waals surface area contributed by atoms with E-state index in [9.17, 15) is 14.4 Å². The van der Waals surface area contributed by atoms with E-state index in [1.807, 2.05) is 0 Å². The van der Waals surface area contributed by atoms with Crippen LogP contribution in [-0.4, -0.2) is 38.6 Å². The van der Waals surface area contributed by atoms with Gasteiger partial charge in [-0.25, -0.2) is 4.79 Å². The monoisotopic (exact) mass is 468 g/mol. The van der Waals surface area contributed by atoms with Crippen molar-refractivity contribution in [2.45, 2.75) is 13.8 Å². The molecule has 172 valence electrons. The predicted molar refractivity (Wildman–Crippen MR) is 127 cm³/mol. The highest BCUT2D eigenvalue weighted by Crippen LogP contribution is 2.35. The zero-order valence-corrected chi connectivity index (χ0v) is 19.5. The van der Waals surface area contributed by atoms with Gasteiger partial charge in [-0.05, 0) is 55.8 Å². The fourth-order valence-corrected chi connectivity index (χ4v) is 4.16. The lowest BCUT2D eigenvalue weighted by Gasteiger charge is -2.08. The number of nitrogens with one attached hydrogen (secondary N) is 2. The zero-order valence-electron chi connectivity index (χ0n) is 18.7. The van der Waals surface area contributed by atoms with E-state index in [1.54, 1.807) is 62.4 Å². The number of rotatable bonds is 8. The average molecular weight is 469 g/mol. The Labute approximate surface area is 195 Å². The van der Waals surface area contributed by atoms with Crippen LogP contribution in [0.4, 0.5) is 10.7 Å². The van der Waals surface area contributed by atoms with Gasteiger partial charge in [-0.15, -0.1) is 11.3 Å². The summed E-state index contributed by atoms with van der Waals surface area (Å²) in [6.07, 6.45) is 0. The molecular weight excluding hydrogens is 444 g/mol. The lowest BCUT2D eigenvalue weighted by atomic mass is 10.1. The number of carbonyl (C=O) groups excluding carboxylic acids is 3. The smallest absolute Gasteiger partial charge is 0.341 e. The van der Waals surface area contributed by atoms with Crippen molar-refractivity contribution in [3.63, 3.8) is 0 Å². The van der Waals surface area contributed by atoms with E-state index in [0.29, 0.717) is 28.3 Å². The molecule has 0 aliphatic rings. The van der Waals surface area contributed by atoms with Crippen LogP contribution in [0.2, 0.25) is 0 Å². The molecule has 0 spiro atoms. The molecule has 2 amide bonds. The van der Waals surface area contributed by atoms with Gasteiger partial charge in [-0.3, -0.25) is 9.59 Å². The molecule has 2 aromatic carbocycles. The molecule has 3 aromatic rings. The molecule has 0 atom stereocenters. The van der Waals surface area contributed by atoms with Crippen molar-refractivity contribution in [3.8, 4) is 11.5 Å². The Hall–Kier alpha value is -3.85. The molecule has 0 aliphatic heterocycles. The van der Waals surface area contributed by atoms with Crippen molar-refractivity contribution in [3.05, 3.63) is 70.1 Å². The molecule has 9 heteroatoms. The van der Waals surface area contributed by atoms with Gasteiger partial charge in [-0.2, -0.15) is 0 Å². The summed E-state index contributed by atoms with van der Waals surface area (Å²) in [5.74, 6) is -0.250. The van der Waals surface area contributed by atoms with Crippen LogP contribution < -0.4 is 20.1 Å². The molecule has 8 nitrogen and oxygen atoms in total. The van der Waals surface area contributed by atoms with Gasteiger partial charge in [-0.1, -0.05) is 6.07 Å². The predicted octanol–water partition coefficient (Wildman–Crippen LogP) is 4.76. The summed E-state index contributed by atoms with van der Waals surface area (Å²) in [4.78, 5) is 38.7. The second kappa shape index (κ2) is 10.6. The van der Waals surface area contributed by atoms with Gasteiger partial charge in [0.2, 0.25) is 0 Å². The van der Waals surface area contributed by atoms with Gasteiger partial charge < -0.3 is 24.8 Å². The largest absolute Gasteiger partial charge is 0.497 e. The third-order valence-electron chi connectivity index (χ3n) is 4.74. The van der Waals surface area contributed by atoms with E-state index in [-0.39, 0.29) is 22.0 Å². The van der Waals surface area contributed by atoms with Crippen molar-refractivity contribution >= 4 is 39.8 Å². The number of anilines is 2. The Morgan fingerprint density at radius 1 is 0.909 bits per heavy atom. The van der Waals surface area contributed by atoms with E-state index in [2.05, 4.69) is 10.6 Å². The highest BCUT2D eigenvalue weighted by molar-refractivity contribution is 7.19. The van der Waals surface area contributed by atoms with Crippen molar-refractivity contribution < 1.29 is 28.6 Å². The summed E-state index contributed by atoms with van der Waals surface area (Å²) in [5.41, 5.74) is 1.48. The van der Waals surface area contributed by atoms with Crippen LogP contribution in [0.15, 0.2) is 48.5 Å². The Morgan fingerprint density at radius 3 is 2.24 bits per heavy atom. The number of carbonyl (C=O) groups is 3. The number of esters is 1. The van der Waals surface area contributed by atoms with Crippen LogP contribution in [-0.2, 0) is 4.74 Å². The van der Waals surface area contributed by atoms with Gasteiger partial charge in [0, 0.05) is 17.3 Å². The fraction of sp³-hybridized carbons (Fsp3) is 0.208. The van der Waals surface area contributed by atoms with Crippen LogP contribution in [0.25, 0.3) is 0 Å². The lowest BCUT2D eigenvalue weighted by Crippen LogP contribution is -2.15. The molecule has 1 heterocycles. The molecule has 1 aromatic heterocycles. The number of hydrogen-bond acceptors (Lipinski definition) is 7. The van der Waals surface area contributed by atoms with E-state index in [0.717, 1.165) is 11.3 Å². The number of amides is 2. The summed E-state index contributed by atoms with van der Waals surface area (Å²) in [6, 6.07) is 13.4. The maximum atomic E-state index is 13.0. The van der Waals surface area contributed by atoms with Crippen LogP contribution in [0.1, 0.15) is 42.9 Å². The summed E-state index contributed by atoms with van der Waals surface area (Å²) < 4.78 is 15.5. The maximum Gasteiger partial charge on any atom is 0.341 e. The lowest BCUT2D eigenvalue weighted by molar-refractivity contribution is 0.0527. The summed E-state index contributed by atoms with van der Waals surface area (Å²) in [5, 5.41) is 5.77. The minimum absolute atomic E-state index is 0.152. The second-order valence-electron chi connectivity index (χ2n) is 6.85. The highest BCUT2D eigenvalue weighted by atomic mass is 32.1. The van der Waals surface area contributed by atoms with Gasteiger partial charge in [0.05, 0.1) is 31.3 Å². The number of methoxy groups -OCH3 is 2. The van der Waals surface area contributed by atoms with Gasteiger partial charge in [0.15, 0.2) is 0 Å². The molecule has 0 saturated carbocycles. The highest BCUT2D eigenvalue weighted by Gasteiger charge is 2.27. The van der Waals surface area contributed by atoms with Crippen LogP contribution in [0.5, 0.6) is 11.5 Å². The van der Waals surface area contributed by atoms with Crippen molar-refractivity contribution in [1.29, 1.82) is 0 Å². The fourth-order valence-electron chi connectivity index (χ4n) is 3.07. The molecule has 0 bridgehead atoms. The van der Waals surface area contributed by atoms with E-state index in [4.69, 9.17) is 14.2 Å². The van der Waals surface area contributed by atoms with Crippen LogP contribution in [0.3, 0.4) is 0 Å². The molecule has 33 heavy (non-hydrogen) atoms. The van der Waals surface area contributed by atoms with E-state index in [1.165, 1.54) is 14.2 Å². The molecule has 0 aliphatic carbocycles. The molecule has 0 saturated heterocycles. The second-order valence-corrected chi connectivity index (χ2v) is 7.87. The SMILES string of the molecule is CCOC(=O)c1c(NC(=O)c2ccc(OC)cc2)sc(C(=O)Nc2cccc(OC)c2)c1C. The van der Waals surface area contributed by atoms with E-state index < -0.39 is 17.8 Å². The Bertz CT molecular complexity index is 1170. The quantitative estimate of drug-likeness (QED) is 0.462. The van der Waals surface area contributed by atoms with Gasteiger partial charge in [0.1, 0.15) is 16.5 Å². The molecule has 3 rings (SSSR count). The standard InChI is InChI=1S/C24H24N2O6S/c1-5-32-24(29)19-14(2)20(22(28)25-16-7-6-8-18(13-16)31-4)33-23(19)26-21(27)15-9-11-17(30-3)12-10-15/h6-13H,5H2,1-4H3,(H,25,28)(H,26,27).